The van der Waals surface area contributed by atoms with E-state index in [1.807, 2.05) is 19.9 Å². The van der Waals surface area contributed by atoms with Crippen LogP contribution in [0.3, 0.4) is 0 Å². The minimum absolute atomic E-state index is 0.0755. The quantitative estimate of drug-likeness (QED) is 0.249. The van der Waals surface area contributed by atoms with Crippen LogP contribution in [0, 0.1) is 0 Å². The van der Waals surface area contributed by atoms with Crippen LogP contribution in [0.15, 0.2) is 66.8 Å². The number of carbonyl (C=O) groups is 2. The maximum Gasteiger partial charge on any atom is 0.295 e. The molecule has 6 heteroatoms. The number of aliphatic hydroxyl groups excluding tert-OH is 1. The molecule has 1 atom stereocenters. The zero-order valence-electron chi connectivity index (χ0n) is 18.5. The minimum Gasteiger partial charge on any atom is -0.507 e. The summed E-state index contributed by atoms with van der Waals surface area (Å²) in [6.45, 7) is 8.94. The number of carbonyl (C=O) groups excluding carboxylic acids is 2. The van der Waals surface area contributed by atoms with Gasteiger partial charge in [-0.05, 0) is 54.8 Å². The minimum atomic E-state index is -0.696. The number of Topliss-reactive ketones (excluding diaryl/α,β-unsaturated/α-hetero) is 1. The predicted molar refractivity (Wildman–Crippen MR) is 124 cm³/mol. The molecule has 168 valence electrons. The monoisotopic (exact) mass is 435 g/mol. The second-order valence-electron chi connectivity index (χ2n) is 7.54. The van der Waals surface area contributed by atoms with E-state index in [0.29, 0.717) is 48.8 Å². The van der Waals surface area contributed by atoms with Crippen LogP contribution < -0.4 is 9.47 Å². The van der Waals surface area contributed by atoms with E-state index in [1.165, 1.54) is 4.90 Å². The van der Waals surface area contributed by atoms with E-state index in [4.69, 9.17) is 9.47 Å². The van der Waals surface area contributed by atoms with E-state index >= 15 is 0 Å². The summed E-state index contributed by atoms with van der Waals surface area (Å²) in [5, 5.41) is 11.1. The number of ketones is 1. The maximum absolute atomic E-state index is 13.0. The van der Waals surface area contributed by atoms with Gasteiger partial charge in [0.1, 0.15) is 23.9 Å². The maximum atomic E-state index is 13.0. The molecular formula is C26H29NO5. The van der Waals surface area contributed by atoms with Gasteiger partial charge in [-0.15, -0.1) is 0 Å². The van der Waals surface area contributed by atoms with E-state index in [0.717, 1.165) is 6.42 Å². The molecule has 1 saturated heterocycles. The number of hydrogen-bond donors (Lipinski definition) is 1. The standard InChI is InChI=1S/C26H29NO5/c1-4-14-27-23(19-8-7-9-21(17-19)32-16-6-3)22(25(29)26(27)30)24(28)18-10-12-20(13-11-18)31-15-5-2/h6-13,17,23,28H,3-5,14-16H2,1-2H3/b24-22-. The van der Waals surface area contributed by atoms with E-state index in [-0.39, 0.29) is 11.3 Å². The highest BCUT2D eigenvalue weighted by Gasteiger charge is 2.45. The van der Waals surface area contributed by atoms with Crippen LogP contribution in [-0.2, 0) is 9.59 Å². The largest absolute Gasteiger partial charge is 0.507 e. The number of ether oxygens (including phenoxy) is 2. The van der Waals surface area contributed by atoms with E-state index in [2.05, 4.69) is 6.58 Å². The summed E-state index contributed by atoms with van der Waals surface area (Å²) in [6.07, 6.45) is 3.21. The van der Waals surface area contributed by atoms with E-state index in [1.54, 1.807) is 48.5 Å². The molecule has 0 bridgehead atoms. The molecule has 1 aliphatic heterocycles. The van der Waals surface area contributed by atoms with Gasteiger partial charge in [0.2, 0.25) is 0 Å². The topological polar surface area (TPSA) is 76.1 Å². The summed E-state index contributed by atoms with van der Waals surface area (Å²) in [4.78, 5) is 27.3. The number of nitrogens with zero attached hydrogens (tertiary/aromatic N) is 1. The van der Waals surface area contributed by atoms with Crippen molar-refractivity contribution in [1.29, 1.82) is 0 Å². The number of likely N-dealkylation sites (tertiary alicyclic amines) is 1. The third kappa shape index (κ3) is 4.85. The molecule has 3 rings (SSSR count). The average molecular weight is 436 g/mol. The zero-order valence-corrected chi connectivity index (χ0v) is 18.5. The first kappa shape index (κ1) is 23.1. The fraction of sp³-hybridized carbons (Fsp3) is 0.308. The molecule has 0 saturated carbocycles. The fourth-order valence-corrected chi connectivity index (χ4v) is 3.71. The summed E-state index contributed by atoms with van der Waals surface area (Å²) in [7, 11) is 0. The van der Waals surface area contributed by atoms with Crippen molar-refractivity contribution >= 4 is 17.4 Å². The molecule has 0 spiro atoms. The lowest BCUT2D eigenvalue weighted by Gasteiger charge is -2.25. The van der Waals surface area contributed by atoms with Crippen molar-refractivity contribution < 1.29 is 24.2 Å². The highest BCUT2D eigenvalue weighted by atomic mass is 16.5. The van der Waals surface area contributed by atoms with Crippen molar-refractivity contribution in [2.45, 2.75) is 32.7 Å². The lowest BCUT2D eigenvalue weighted by molar-refractivity contribution is -0.139. The van der Waals surface area contributed by atoms with Crippen molar-refractivity contribution in [2.75, 3.05) is 19.8 Å². The van der Waals surface area contributed by atoms with Gasteiger partial charge in [-0.3, -0.25) is 9.59 Å². The van der Waals surface area contributed by atoms with Gasteiger partial charge in [-0.25, -0.2) is 0 Å². The number of rotatable bonds is 10. The second kappa shape index (κ2) is 10.7. The van der Waals surface area contributed by atoms with Crippen LogP contribution in [0.25, 0.3) is 5.76 Å². The number of benzene rings is 2. The first-order valence-corrected chi connectivity index (χ1v) is 10.9. The van der Waals surface area contributed by atoms with Crippen LogP contribution in [0.2, 0.25) is 0 Å². The molecule has 2 aromatic carbocycles. The Morgan fingerprint density at radius 3 is 2.47 bits per heavy atom. The predicted octanol–water partition coefficient (Wildman–Crippen LogP) is 4.87. The number of hydrogen-bond acceptors (Lipinski definition) is 5. The Morgan fingerprint density at radius 2 is 1.81 bits per heavy atom. The van der Waals surface area contributed by atoms with E-state index in [9.17, 15) is 14.7 Å². The fourth-order valence-electron chi connectivity index (χ4n) is 3.71. The SMILES string of the molecule is C=CCOc1cccc(C2/C(=C(/O)c3ccc(OCCC)cc3)C(=O)C(=O)N2CCC)c1. The Labute approximate surface area is 188 Å². The van der Waals surface area contributed by atoms with E-state index < -0.39 is 17.7 Å². The van der Waals surface area contributed by atoms with Gasteiger partial charge in [0.25, 0.3) is 11.7 Å². The molecule has 2 aromatic rings. The normalized spacial score (nSPS) is 17.4. The third-order valence-corrected chi connectivity index (χ3v) is 5.15. The second-order valence-corrected chi connectivity index (χ2v) is 7.54. The molecule has 0 aromatic heterocycles. The molecule has 1 heterocycles. The lowest BCUT2D eigenvalue weighted by Crippen LogP contribution is -2.30. The van der Waals surface area contributed by atoms with Crippen molar-refractivity contribution in [3.05, 3.63) is 77.9 Å². The Kier molecular flexibility index (Phi) is 7.71. The molecule has 1 N–H and O–H groups in total. The first-order chi connectivity index (χ1) is 15.5. The number of amides is 1. The van der Waals surface area contributed by atoms with Gasteiger partial charge in [-0.1, -0.05) is 38.6 Å². The van der Waals surface area contributed by atoms with Gasteiger partial charge in [0.15, 0.2) is 0 Å². The lowest BCUT2D eigenvalue weighted by atomic mass is 9.95. The Morgan fingerprint density at radius 1 is 1.06 bits per heavy atom. The van der Waals surface area contributed by atoms with Gasteiger partial charge in [0.05, 0.1) is 18.2 Å². The highest BCUT2D eigenvalue weighted by Crippen LogP contribution is 2.40. The number of aliphatic hydroxyl groups is 1. The van der Waals surface area contributed by atoms with Crippen molar-refractivity contribution in [2.24, 2.45) is 0 Å². The highest BCUT2D eigenvalue weighted by molar-refractivity contribution is 6.46. The van der Waals surface area contributed by atoms with Crippen molar-refractivity contribution in [1.82, 2.24) is 4.90 Å². The Hall–Kier alpha value is -3.54. The smallest absolute Gasteiger partial charge is 0.295 e. The van der Waals surface area contributed by atoms with Crippen LogP contribution in [0.1, 0.15) is 43.9 Å². The molecule has 1 fully saturated rings. The Balaban J connectivity index is 2.05. The molecule has 1 amide bonds. The molecule has 1 aliphatic rings. The molecular weight excluding hydrogens is 406 g/mol. The third-order valence-electron chi connectivity index (χ3n) is 5.15. The van der Waals surface area contributed by atoms with Crippen molar-refractivity contribution in [3.8, 4) is 11.5 Å². The summed E-state index contributed by atoms with van der Waals surface area (Å²) >= 11 is 0. The molecule has 32 heavy (non-hydrogen) atoms. The summed E-state index contributed by atoms with van der Waals surface area (Å²) in [6, 6.07) is 13.4. The average Bonchev–Trinajstić information content (AvgIpc) is 3.06. The summed E-state index contributed by atoms with van der Waals surface area (Å²) in [5.74, 6) is -0.227. The molecule has 6 nitrogen and oxygen atoms in total. The van der Waals surface area contributed by atoms with Crippen LogP contribution >= 0.6 is 0 Å². The first-order valence-electron chi connectivity index (χ1n) is 10.9. The summed E-state index contributed by atoms with van der Waals surface area (Å²) < 4.78 is 11.2. The summed E-state index contributed by atoms with van der Waals surface area (Å²) in [5.41, 5.74) is 1.22. The molecule has 0 aliphatic carbocycles. The van der Waals surface area contributed by atoms with Gasteiger partial charge in [0, 0.05) is 12.1 Å². The van der Waals surface area contributed by atoms with Crippen molar-refractivity contribution in [3.63, 3.8) is 0 Å². The Bertz CT molecular complexity index is 1010. The van der Waals surface area contributed by atoms with Gasteiger partial charge in [-0.2, -0.15) is 0 Å². The van der Waals surface area contributed by atoms with Gasteiger partial charge < -0.3 is 19.5 Å². The molecule has 1 unspecified atom stereocenters. The molecule has 0 radical (unpaired) electrons. The van der Waals surface area contributed by atoms with Gasteiger partial charge >= 0.3 is 0 Å². The van der Waals surface area contributed by atoms with Crippen LogP contribution in [0.5, 0.6) is 11.5 Å². The van der Waals surface area contributed by atoms with Crippen LogP contribution in [-0.4, -0.2) is 41.5 Å². The van der Waals surface area contributed by atoms with Crippen LogP contribution in [0.4, 0.5) is 0 Å². The zero-order chi connectivity index (χ0) is 23.1.